The molecule has 0 saturated carbocycles. The quantitative estimate of drug-likeness (QED) is 0.436. The van der Waals surface area contributed by atoms with Gasteiger partial charge in [0, 0.05) is 12.1 Å². The summed E-state index contributed by atoms with van der Waals surface area (Å²) in [5.74, 6) is 0. The Morgan fingerprint density at radius 1 is 0.700 bits per heavy atom. The van der Waals surface area contributed by atoms with E-state index >= 15 is 0 Å². The minimum absolute atomic E-state index is 0.279. The molecule has 0 aromatic rings. The average Bonchev–Trinajstić information content (AvgIpc) is 2.11. The zero-order chi connectivity index (χ0) is 16.5. The van der Waals surface area contributed by atoms with Crippen LogP contribution in [0.2, 0.25) is 0 Å². The summed E-state index contributed by atoms with van der Waals surface area (Å²) in [6.45, 7) is 28.4. The fourth-order valence-electron chi connectivity index (χ4n) is 3.98. The molecule has 0 aromatic heterocycles. The number of hydrogen-bond donors (Lipinski definition) is 0. The summed E-state index contributed by atoms with van der Waals surface area (Å²) in [6, 6.07) is 1.02. The van der Waals surface area contributed by atoms with Crippen LogP contribution in [0.4, 0.5) is 0 Å². The molecule has 0 aliphatic rings. The maximum atomic E-state index is 4.09. The van der Waals surface area contributed by atoms with Crippen LogP contribution in [-0.2, 0) is 0 Å². The molecule has 0 spiro atoms. The van der Waals surface area contributed by atoms with E-state index in [2.05, 4.69) is 94.3 Å². The lowest BCUT2D eigenvalue weighted by molar-refractivity contribution is 0.239. The van der Waals surface area contributed by atoms with Gasteiger partial charge < -0.3 is 0 Å². The third-order valence-electron chi connectivity index (χ3n) is 4.28. The molecule has 0 amide bonds. The van der Waals surface area contributed by atoms with Gasteiger partial charge in [0.1, 0.15) is 0 Å². The molecule has 0 unspecified atom stereocenters. The first kappa shape index (κ1) is 20.4. The maximum Gasteiger partial charge on any atom is 0.251 e. The van der Waals surface area contributed by atoms with Crippen molar-refractivity contribution >= 4 is 7.26 Å². The molecule has 20 heavy (non-hydrogen) atoms. The van der Waals surface area contributed by atoms with Gasteiger partial charge in [0.15, 0.2) is 0 Å². The van der Waals surface area contributed by atoms with Crippen molar-refractivity contribution < 1.29 is 0 Å². The van der Waals surface area contributed by atoms with E-state index in [1.54, 1.807) is 0 Å². The van der Waals surface area contributed by atoms with Gasteiger partial charge in [0.2, 0.25) is 0 Å². The lowest BCUT2D eigenvalue weighted by Crippen LogP contribution is -2.45. The first-order valence-corrected chi connectivity index (χ1v) is 9.99. The molecule has 2 heteroatoms. The van der Waals surface area contributed by atoms with Gasteiger partial charge >= 0.3 is 0 Å². The Balaban J connectivity index is 5.89. The Labute approximate surface area is 130 Å². The summed E-state index contributed by atoms with van der Waals surface area (Å²) < 4.78 is 0. The van der Waals surface area contributed by atoms with Crippen molar-refractivity contribution in [2.75, 3.05) is 0 Å². The van der Waals surface area contributed by atoms with Crippen molar-refractivity contribution in [1.29, 1.82) is 0 Å². The number of nitrogens with zero attached hydrogens (tertiary/aromatic N) is 1. The van der Waals surface area contributed by atoms with Gasteiger partial charge in [-0.15, -0.1) is 0 Å². The summed E-state index contributed by atoms with van der Waals surface area (Å²) in [5, 5.41) is 0.558. The molecule has 0 saturated heterocycles. The summed E-state index contributed by atoms with van der Waals surface area (Å²) in [6.07, 6.45) is 4.09. The third-order valence-corrected chi connectivity index (χ3v) is 10.6. The minimum atomic E-state index is -1.42. The van der Waals surface area contributed by atoms with Crippen molar-refractivity contribution in [2.24, 2.45) is 0 Å². The molecule has 0 N–H and O–H groups in total. The van der Waals surface area contributed by atoms with Crippen LogP contribution in [-0.4, -0.2) is 33.0 Å². The van der Waals surface area contributed by atoms with Gasteiger partial charge in [-0.25, -0.2) is 0 Å². The topological polar surface area (TPSA) is 3.24 Å². The summed E-state index contributed by atoms with van der Waals surface area (Å²) in [4.78, 5) is 2.48. The Hall–Kier alpha value is 0.390. The van der Waals surface area contributed by atoms with Crippen LogP contribution in [0.1, 0.15) is 83.1 Å². The maximum absolute atomic E-state index is 4.09. The zero-order valence-electron chi connectivity index (χ0n) is 16.1. The zero-order valence-corrected chi connectivity index (χ0v) is 17.0. The van der Waals surface area contributed by atoms with E-state index in [0.717, 1.165) is 0 Å². The van der Waals surface area contributed by atoms with Crippen molar-refractivity contribution in [3.8, 4) is 0 Å². The van der Waals surface area contributed by atoms with Crippen LogP contribution in [0, 0.1) is 6.29 Å². The number of hydrogen-bond acceptors (Lipinski definition) is 1. The van der Waals surface area contributed by atoms with Crippen molar-refractivity contribution in [3.63, 3.8) is 0 Å². The van der Waals surface area contributed by atoms with Crippen LogP contribution in [0.15, 0.2) is 0 Å². The van der Waals surface area contributed by atoms with Gasteiger partial charge in [-0.1, -0.05) is 0 Å². The second kappa shape index (κ2) is 6.66. The van der Waals surface area contributed by atoms with Crippen LogP contribution in [0.25, 0.3) is 0 Å². The Morgan fingerprint density at radius 3 is 1.15 bits per heavy atom. The van der Waals surface area contributed by atoms with Crippen LogP contribution >= 0.6 is 7.26 Å². The Kier molecular flexibility index (Phi) is 6.78. The smallest absolute Gasteiger partial charge is 0.251 e. The molecule has 0 rings (SSSR count). The predicted octanol–water partition coefficient (Wildman–Crippen LogP) is 6.12. The second-order valence-electron chi connectivity index (χ2n) is 8.85. The molecular formula is C18H39NP+. The van der Waals surface area contributed by atoms with Gasteiger partial charge in [-0.2, -0.15) is 0 Å². The molecule has 0 aliphatic carbocycles. The minimum Gasteiger partial charge on any atom is -0.251 e. The van der Waals surface area contributed by atoms with E-state index in [0.29, 0.717) is 17.7 Å². The van der Waals surface area contributed by atoms with Crippen molar-refractivity contribution in [3.05, 3.63) is 6.29 Å². The third kappa shape index (κ3) is 3.98. The van der Waals surface area contributed by atoms with Crippen LogP contribution in [0.3, 0.4) is 0 Å². The summed E-state index contributed by atoms with van der Waals surface area (Å²) in [5.41, 5.74) is 0.655. The fraction of sp³-hybridized carbons (Fsp3) is 0.944. The standard InChI is InChI=1S/C18H39NP/c1-14(2)19(15(3)4)13-20(16(5)6,17(7,8)9)18(10,11)12/h14-16H,1-12H3/q+1. The molecule has 2 radical (unpaired) electrons. The molecule has 1 nitrogen and oxygen atoms in total. The molecule has 0 atom stereocenters. The van der Waals surface area contributed by atoms with Gasteiger partial charge in [-0.3, -0.25) is 4.90 Å². The van der Waals surface area contributed by atoms with Crippen molar-refractivity contribution in [2.45, 2.75) is 111 Å². The molecular weight excluding hydrogens is 261 g/mol. The van der Waals surface area contributed by atoms with E-state index in [4.69, 9.17) is 0 Å². The predicted molar refractivity (Wildman–Crippen MR) is 96.9 cm³/mol. The average molecular weight is 300 g/mol. The van der Waals surface area contributed by atoms with E-state index in [1.807, 2.05) is 0 Å². The summed E-state index contributed by atoms with van der Waals surface area (Å²) in [7, 11) is -1.42. The monoisotopic (exact) mass is 300 g/mol. The van der Waals surface area contributed by atoms with Gasteiger partial charge in [0.05, 0.1) is 23.2 Å². The molecule has 0 bridgehead atoms. The fourth-order valence-corrected chi connectivity index (χ4v) is 10.7. The van der Waals surface area contributed by atoms with Gasteiger partial charge in [0.25, 0.3) is 6.29 Å². The normalized spacial score (nSPS) is 15.0. The van der Waals surface area contributed by atoms with Crippen molar-refractivity contribution in [1.82, 2.24) is 4.90 Å². The first-order chi connectivity index (χ1) is 8.68. The van der Waals surface area contributed by atoms with Crippen LogP contribution < -0.4 is 0 Å². The molecule has 0 heterocycles. The SMILES string of the molecule is CC(C)N([C][P+](C(C)C)(C(C)(C)C)C(C)(C)C)C(C)C. The molecule has 120 valence electrons. The molecule has 0 fully saturated rings. The number of rotatable bonds is 5. The largest absolute Gasteiger partial charge is 0.251 e. The van der Waals surface area contributed by atoms with Gasteiger partial charge in [-0.05, 0) is 83.1 Å². The second-order valence-corrected chi connectivity index (χ2v) is 14.2. The summed E-state index contributed by atoms with van der Waals surface area (Å²) >= 11 is 0. The molecule has 0 aromatic carbocycles. The van der Waals surface area contributed by atoms with E-state index in [9.17, 15) is 0 Å². The molecule has 0 aliphatic heterocycles. The van der Waals surface area contributed by atoms with Crippen LogP contribution in [0.5, 0.6) is 0 Å². The Morgan fingerprint density at radius 2 is 1.00 bits per heavy atom. The first-order valence-electron chi connectivity index (χ1n) is 8.13. The highest BCUT2D eigenvalue weighted by Crippen LogP contribution is 2.81. The highest BCUT2D eigenvalue weighted by atomic mass is 31.2. The Bertz CT molecular complexity index is 270. The lowest BCUT2D eigenvalue weighted by atomic mass is 10.2. The van der Waals surface area contributed by atoms with E-state index in [-0.39, 0.29) is 10.3 Å². The lowest BCUT2D eigenvalue weighted by Gasteiger charge is -2.51. The van der Waals surface area contributed by atoms with E-state index in [1.165, 1.54) is 0 Å². The highest BCUT2D eigenvalue weighted by molar-refractivity contribution is 7.81. The highest BCUT2D eigenvalue weighted by Gasteiger charge is 2.62. The van der Waals surface area contributed by atoms with E-state index < -0.39 is 7.26 Å².